The van der Waals surface area contributed by atoms with Crippen LogP contribution < -0.4 is 10.9 Å². The molecule has 1 saturated heterocycles. The third kappa shape index (κ3) is 2.48. The second kappa shape index (κ2) is 4.35. The van der Waals surface area contributed by atoms with Crippen LogP contribution in [0.3, 0.4) is 0 Å². The van der Waals surface area contributed by atoms with Crippen LogP contribution in [0.15, 0.2) is 16.9 Å². The van der Waals surface area contributed by atoms with Crippen LogP contribution in [0.5, 0.6) is 0 Å². The fourth-order valence-corrected chi connectivity index (χ4v) is 1.99. The summed E-state index contributed by atoms with van der Waals surface area (Å²) in [6, 6.07) is 3.18. The Bertz CT molecular complexity index is 421. The van der Waals surface area contributed by atoms with E-state index in [2.05, 4.69) is 10.4 Å². The predicted molar refractivity (Wildman–Crippen MR) is 60.3 cm³/mol. The highest BCUT2D eigenvalue weighted by molar-refractivity contribution is 4.98. The molecule has 0 aliphatic carbocycles. The average Bonchev–Trinajstić information content (AvgIpc) is 2.24. The van der Waals surface area contributed by atoms with Crippen molar-refractivity contribution in [2.24, 2.45) is 0 Å². The van der Waals surface area contributed by atoms with E-state index in [0.29, 0.717) is 12.8 Å². The molecule has 2 N–H and O–H groups in total. The lowest BCUT2D eigenvalue weighted by Gasteiger charge is -2.32. The average molecular weight is 223 g/mol. The molecule has 1 fully saturated rings. The molecule has 1 aromatic heterocycles. The summed E-state index contributed by atoms with van der Waals surface area (Å²) in [5.41, 5.74) is -0.162. The maximum Gasteiger partial charge on any atom is 0.266 e. The minimum Gasteiger partial charge on any atom is -0.388 e. The maximum atomic E-state index is 11.6. The first-order valence-electron chi connectivity index (χ1n) is 5.57. The summed E-state index contributed by atoms with van der Waals surface area (Å²) in [6.45, 7) is 3.70. The molecular weight excluding hydrogens is 206 g/mol. The van der Waals surface area contributed by atoms with Crippen LogP contribution in [0.25, 0.3) is 0 Å². The van der Waals surface area contributed by atoms with Gasteiger partial charge >= 0.3 is 0 Å². The molecule has 2 rings (SSSR count). The summed E-state index contributed by atoms with van der Waals surface area (Å²) in [4.78, 5) is 11.6. The lowest BCUT2D eigenvalue weighted by molar-refractivity contribution is -0.00952. The fraction of sp³-hybridized carbons (Fsp3) is 0.636. The summed E-state index contributed by atoms with van der Waals surface area (Å²) in [6.07, 6.45) is 1.32. The second-order valence-corrected chi connectivity index (χ2v) is 4.44. The normalized spacial score (nSPS) is 19.6. The number of hydrogen-bond donors (Lipinski definition) is 2. The Morgan fingerprint density at radius 1 is 1.50 bits per heavy atom. The number of nitrogens with one attached hydrogen (secondary N) is 1. The van der Waals surface area contributed by atoms with Crippen LogP contribution in [-0.4, -0.2) is 33.6 Å². The van der Waals surface area contributed by atoms with Crippen LogP contribution in [-0.2, 0) is 6.54 Å². The number of aliphatic hydroxyl groups is 1. The molecule has 5 nitrogen and oxygen atoms in total. The van der Waals surface area contributed by atoms with Crippen molar-refractivity contribution in [3.8, 4) is 0 Å². The number of aryl methyl sites for hydroxylation is 1. The molecule has 0 saturated carbocycles. The molecule has 0 bridgehead atoms. The Morgan fingerprint density at radius 3 is 2.88 bits per heavy atom. The third-order valence-corrected chi connectivity index (χ3v) is 2.98. The maximum absolute atomic E-state index is 11.6. The van der Waals surface area contributed by atoms with Gasteiger partial charge in [0.15, 0.2) is 0 Å². The Hall–Kier alpha value is -1.20. The number of hydrogen-bond acceptors (Lipinski definition) is 4. The van der Waals surface area contributed by atoms with Crippen molar-refractivity contribution in [3.63, 3.8) is 0 Å². The first-order valence-corrected chi connectivity index (χ1v) is 5.57. The van der Waals surface area contributed by atoms with Crippen molar-refractivity contribution >= 4 is 0 Å². The SMILES string of the molecule is Cc1ccc(=O)n(CC2(O)CCNCC2)n1. The van der Waals surface area contributed by atoms with Crippen LogP contribution in [0.2, 0.25) is 0 Å². The van der Waals surface area contributed by atoms with Crippen LogP contribution >= 0.6 is 0 Å². The molecular formula is C11H17N3O2. The predicted octanol–water partition coefficient (Wildman–Crippen LogP) is -0.334. The van der Waals surface area contributed by atoms with E-state index in [-0.39, 0.29) is 12.1 Å². The molecule has 0 atom stereocenters. The van der Waals surface area contributed by atoms with Gasteiger partial charge in [0.1, 0.15) is 0 Å². The van der Waals surface area contributed by atoms with Gasteiger partial charge in [-0.25, -0.2) is 4.68 Å². The van der Waals surface area contributed by atoms with Crippen molar-refractivity contribution in [1.82, 2.24) is 15.1 Å². The molecule has 1 aromatic rings. The molecule has 1 aliphatic heterocycles. The van der Waals surface area contributed by atoms with E-state index in [1.54, 1.807) is 6.07 Å². The van der Waals surface area contributed by atoms with Gasteiger partial charge in [0.05, 0.1) is 17.8 Å². The summed E-state index contributed by atoms with van der Waals surface area (Å²) >= 11 is 0. The lowest BCUT2D eigenvalue weighted by Crippen LogP contribution is -2.46. The first kappa shape index (κ1) is 11.3. The fourth-order valence-electron chi connectivity index (χ4n) is 1.99. The monoisotopic (exact) mass is 223 g/mol. The largest absolute Gasteiger partial charge is 0.388 e. The van der Waals surface area contributed by atoms with Gasteiger partial charge in [-0.3, -0.25) is 4.79 Å². The van der Waals surface area contributed by atoms with E-state index in [1.807, 2.05) is 6.92 Å². The van der Waals surface area contributed by atoms with Gasteiger partial charge < -0.3 is 10.4 Å². The molecule has 88 valence electrons. The smallest absolute Gasteiger partial charge is 0.266 e. The van der Waals surface area contributed by atoms with E-state index in [0.717, 1.165) is 18.8 Å². The molecule has 2 heterocycles. The zero-order chi connectivity index (χ0) is 11.6. The van der Waals surface area contributed by atoms with E-state index in [9.17, 15) is 9.90 Å². The highest BCUT2D eigenvalue weighted by Crippen LogP contribution is 2.19. The highest BCUT2D eigenvalue weighted by Gasteiger charge is 2.30. The number of aromatic nitrogens is 2. The van der Waals surface area contributed by atoms with Gasteiger partial charge in [0.25, 0.3) is 5.56 Å². The standard InChI is InChI=1S/C11H17N3O2/c1-9-2-3-10(15)14(13-9)8-11(16)4-6-12-7-5-11/h2-3,12,16H,4-8H2,1H3. The summed E-state index contributed by atoms with van der Waals surface area (Å²) in [5.74, 6) is 0. The Labute approximate surface area is 94.1 Å². The molecule has 0 spiro atoms. The van der Waals surface area contributed by atoms with E-state index in [1.165, 1.54) is 10.7 Å². The van der Waals surface area contributed by atoms with Crippen molar-refractivity contribution in [3.05, 3.63) is 28.2 Å². The third-order valence-electron chi connectivity index (χ3n) is 2.98. The molecule has 16 heavy (non-hydrogen) atoms. The first-order chi connectivity index (χ1) is 7.59. The lowest BCUT2D eigenvalue weighted by atomic mass is 9.92. The zero-order valence-electron chi connectivity index (χ0n) is 9.44. The molecule has 1 aliphatic rings. The topological polar surface area (TPSA) is 67.2 Å². The Kier molecular flexibility index (Phi) is 3.07. The minimum atomic E-state index is -0.796. The molecule has 0 amide bonds. The van der Waals surface area contributed by atoms with Crippen molar-refractivity contribution in [2.45, 2.75) is 31.9 Å². The second-order valence-electron chi connectivity index (χ2n) is 4.44. The molecule has 5 heteroatoms. The summed E-state index contributed by atoms with van der Waals surface area (Å²) < 4.78 is 1.36. The van der Waals surface area contributed by atoms with Crippen molar-refractivity contribution in [2.75, 3.05) is 13.1 Å². The van der Waals surface area contributed by atoms with Crippen LogP contribution in [0.1, 0.15) is 18.5 Å². The van der Waals surface area contributed by atoms with Gasteiger partial charge in [-0.05, 0) is 38.9 Å². The van der Waals surface area contributed by atoms with E-state index >= 15 is 0 Å². The van der Waals surface area contributed by atoms with Crippen LogP contribution in [0.4, 0.5) is 0 Å². The van der Waals surface area contributed by atoms with Gasteiger partial charge in [-0.1, -0.05) is 0 Å². The summed E-state index contributed by atoms with van der Waals surface area (Å²) in [7, 11) is 0. The Balaban J connectivity index is 2.19. The zero-order valence-corrected chi connectivity index (χ0v) is 9.44. The molecule has 0 aromatic carbocycles. The van der Waals surface area contributed by atoms with Crippen molar-refractivity contribution in [1.29, 1.82) is 0 Å². The molecule has 0 unspecified atom stereocenters. The van der Waals surface area contributed by atoms with Gasteiger partial charge in [0, 0.05) is 6.07 Å². The molecule has 0 radical (unpaired) electrons. The number of piperidine rings is 1. The van der Waals surface area contributed by atoms with Crippen molar-refractivity contribution < 1.29 is 5.11 Å². The number of rotatable bonds is 2. The Morgan fingerprint density at radius 2 is 2.19 bits per heavy atom. The quantitative estimate of drug-likeness (QED) is 0.720. The van der Waals surface area contributed by atoms with Crippen LogP contribution in [0, 0.1) is 6.92 Å². The van der Waals surface area contributed by atoms with Gasteiger partial charge in [-0.15, -0.1) is 0 Å². The summed E-state index contributed by atoms with van der Waals surface area (Å²) in [5, 5.41) is 17.6. The van der Waals surface area contributed by atoms with Gasteiger partial charge in [-0.2, -0.15) is 5.10 Å². The van der Waals surface area contributed by atoms with Gasteiger partial charge in [0.2, 0.25) is 0 Å². The van der Waals surface area contributed by atoms with E-state index < -0.39 is 5.60 Å². The number of nitrogens with zero attached hydrogens (tertiary/aromatic N) is 2. The highest BCUT2D eigenvalue weighted by atomic mass is 16.3. The van der Waals surface area contributed by atoms with E-state index in [4.69, 9.17) is 0 Å². The minimum absolute atomic E-state index is 0.155.